The highest BCUT2D eigenvalue weighted by Crippen LogP contribution is 2.23. The molecule has 1 aliphatic heterocycles. The Bertz CT molecular complexity index is 403. The molecule has 0 radical (unpaired) electrons. The number of morpholine rings is 1. The first kappa shape index (κ1) is 13.5. The Labute approximate surface area is 110 Å². The number of hydrogen-bond acceptors (Lipinski definition) is 3. The van der Waals surface area contributed by atoms with Crippen LogP contribution in [0.1, 0.15) is 31.0 Å². The van der Waals surface area contributed by atoms with E-state index in [1.807, 2.05) is 0 Å². The molecule has 18 heavy (non-hydrogen) atoms. The second-order valence-electron chi connectivity index (χ2n) is 5.77. The summed E-state index contributed by atoms with van der Waals surface area (Å²) in [5, 5.41) is 0. The highest BCUT2D eigenvalue weighted by molar-refractivity contribution is 5.28. The molecule has 1 atom stereocenters. The van der Waals surface area contributed by atoms with Gasteiger partial charge in [-0.15, -0.1) is 0 Å². The molecule has 1 heterocycles. The third kappa shape index (κ3) is 2.91. The van der Waals surface area contributed by atoms with Gasteiger partial charge in [-0.3, -0.25) is 4.90 Å². The number of benzene rings is 1. The van der Waals surface area contributed by atoms with Crippen LogP contribution in [0.3, 0.4) is 0 Å². The van der Waals surface area contributed by atoms with Gasteiger partial charge < -0.3 is 10.5 Å². The summed E-state index contributed by atoms with van der Waals surface area (Å²) in [5.41, 5.74) is 8.97. The van der Waals surface area contributed by atoms with Crippen molar-refractivity contribution in [3.8, 4) is 0 Å². The van der Waals surface area contributed by atoms with Crippen molar-refractivity contribution in [3.63, 3.8) is 0 Å². The van der Waals surface area contributed by atoms with E-state index < -0.39 is 0 Å². The van der Waals surface area contributed by atoms with Crippen molar-refractivity contribution in [2.24, 2.45) is 5.73 Å². The van der Waals surface area contributed by atoms with Gasteiger partial charge in [0.1, 0.15) is 0 Å². The fourth-order valence-electron chi connectivity index (χ4n) is 2.57. The minimum Gasteiger partial charge on any atom is -0.378 e. The summed E-state index contributed by atoms with van der Waals surface area (Å²) < 4.78 is 5.54. The maximum atomic E-state index is 6.37. The van der Waals surface area contributed by atoms with Crippen LogP contribution >= 0.6 is 0 Å². The molecule has 2 N–H and O–H groups in total. The molecular weight excluding hydrogens is 224 g/mol. The Morgan fingerprint density at radius 3 is 2.78 bits per heavy atom. The van der Waals surface area contributed by atoms with Crippen molar-refractivity contribution in [2.75, 3.05) is 26.3 Å². The summed E-state index contributed by atoms with van der Waals surface area (Å²) in [6, 6.07) is 8.45. The van der Waals surface area contributed by atoms with Crippen molar-refractivity contribution in [1.82, 2.24) is 4.90 Å². The summed E-state index contributed by atoms with van der Waals surface area (Å²) in [6.45, 7) is 10.0. The van der Waals surface area contributed by atoms with Crippen LogP contribution in [-0.4, -0.2) is 36.7 Å². The fraction of sp³-hybridized carbons (Fsp3) is 0.600. The van der Waals surface area contributed by atoms with Gasteiger partial charge in [0, 0.05) is 24.7 Å². The lowest BCUT2D eigenvalue weighted by molar-refractivity contribution is -0.0531. The van der Waals surface area contributed by atoms with Crippen LogP contribution in [0.2, 0.25) is 0 Å². The number of aryl methyl sites for hydroxylation is 1. The van der Waals surface area contributed by atoms with Crippen LogP contribution in [0.15, 0.2) is 24.3 Å². The Morgan fingerprint density at radius 2 is 2.11 bits per heavy atom. The number of ether oxygens (including phenoxy) is 1. The lowest BCUT2D eigenvalue weighted by atomic mass is 9.97. The van der Waals surface area contributed by atoms with Gasteiger partial charge in [-0.25, -0.2) is 0 Å². The number of nitrogens with zero attached hydrogens (tertiary/aromatic N) is 1. The molecule has 2 rings (SSSR count). The van der Waals surface area contributed by atoms with E-state index in [0.29, 0.717) is 0 Å². The summed E-state index contributed by atoms with van der Waals surface area (Å²) >= 11 is 0. The van der Waals surface area contributed by atoms with Crippen molar-refractivity contribution < 1.29 is 4.74 Å². The van der Waals surface area contributed by atoms with Crippen molar-refractivity contribution in [1.29, 1.82) is 0 Å². The van der Waals surface area contributed by atoms with Gasteiger partial charge in [0.25, 0.3) is 0 Å². The Balaban J connectivity index is 2.07. The zero-order chi connectivity index (χ0) is 13.2. The minimum atomic E-state index is 0.0728. The monoisotopic (exact) mass is 248 g/mol. The Morgan fingerprint density at radius 1 is 1.39 bits per heavy atom. The molecule has 1 fully saturated rings. The van der Waals surface area contributed by atoms with Gasteiger partial charge in [0.2, 0.25) is 0 Å². The summed E-state index contributed by atoms with van der Waals surface area (Å²) in [4.78, 5) is 2.44. The normalized spacial score (nSPS) is 21.8. The van der Waals surface area contributed by atoms with Crippen LogP contribution < -0.4 is 5.73 Å². The number of rotatable bonds is 3. The molecule has 0 aliphatic carbocycles. The molecule has 1 aliphatic rings. The second-order valence-corrected chi connectivity index (χ2v) is 5.77. The number of hydrogen-bond donors (Lipinski definition) is 1. The van der Waals surface area contributed by atoms with E-state index in [1.54, 1.807) is 0 Å². The zero-order valence-corrected chi connectivity index (χ0v) is 11.6. The molecule has 1 aromatic rings. The van der Waals surface area contributed by atoms with Gasteiger partial charge >= 0.3 is 0 Å². The van der Waals surface area contributed by atoms with Gasteiger partial charge in [-0.2, -0.15) is 0 Å². The molecule has 3 nitrogen and oxygen atoms in total. The molecule has 0 bridgehead atoms. The van der Waals surface area contributed by atoms with Crippen LogP contribution in [0.5, 0.6) is 0 Å². The van der Waals surface area contributed by atoms with E-state index >= 15 is 0 Å². The standard InChI is InChI=1S/C15H24N2O/c1-12-6-4-5-7-13(12)14(16)10-17-8-9-18-11-15(17,2)3/h4-7,14H,8-11,16H2,1-3H3. The van der Waals surface area contributed by atoms with Crippen LogP contribution in [0.25, 0.3) is 0 Å². The van der Waals surface area contributed by atoms with Crippen LogP contribution in [0, 0.1) is 6.92 Å². The third-order valence-corrected chi connectivity index (χ3v) is 3.82. The first-order valence-electron chi connectivity index (χ1n) is 6.64. The predicted molar refractivity (Wildman–Crippen MR) is 74.6 cm³/mol. The fourth-order valence-corrected chi connectivity index (χ4v) is 2.57. The molecule has 3 heteroatoms. The maximum Gasteiger partial charge on any atom is 0.0645 e. The first-order chi connectivity index (χ1) is 8.50. The van der Waals surface area contributed by atoms with Gasteiger partial charge in [-0.1, -0.05) is 24.3 Å². The van der Waals surface area contributed by atoms with E-state index in [0.717, 1.165) is 26.3 Å². The van der Waals surface area contributed by atoms with Crippen molar-refractivity contribution >= 4 is 0 Å². The van der Waals surface area contributed by atoms with E-state index in [4.69, 9.17) is 10.5 Å². The molecule has 1 saturated heterocycles. The van der Waals surface area contributed by atoms with Crippen LogP contribution in [-0.2, 0) is 4.74 Å². The van der Waals surface area contributed by atoms with Gasteiger partial charge in [0.15, 0.2) is 0 Å². The van der Waals surface area contributed by atoms with Crippen molar-refractivity contribution in [2.45, 2.75) is 32.4 Å². The first-order valence-corrected chi connectivity index (χ1v) is 6.64. The Hall–Kier alpha value is -0.900. The van der Waals surface area contributed by atoms with Crippen molar-refractivity contribution in [3.05, 3.63) is 35.4 Å². The molecule has 0 amide bonds. The molecular formula is C15H24N2O. The van der Waals surface area contributed by atoms with E-state index in [-0.39, 0.29) is 11.6 Å². The lowest BCUT2D eigenvalue weighted by Gasteiger charge is -2.43. The summed E-state index contributed by atoms with van der Waals surface area (Å²) in [7, 11) is 0. The molecule has 0 spiro atoms. The zero-order valence-electron chi connectivity index (χ0n) is 11.6. The SMILES string of the molecule is Cc1ccccc1C(N)CN1CCOCC1(C)C. The van der Waals surface area contributed by atoms with E-state index in [1.165, 1.54) is 11.1 Å². The maximum absolute atomic E-state index is 6.37. The molecule has 1 aromatic carbocycles. The van der Waals surface area contributed by atoms with E-state index in [9.17, 15) is 0 Å². The average Bonchev–Trinajstić information content (AvgIpc) is 2.32. The summed E-state index contributed by atoms with van der Waals surface area (Å²) in [6.07, 6.45) is 0. The molecule has 0 aromatic heterocycles. The highest BCUT2D eigenvalue weighted by atomic mass is 16.5. The highest BCUT2D eigenvalue weighted by Gasteiger charge is 2.31. The molecule has 1 unspecified atom stereocenters. The lowest BCUT2D eigenvalue weighted by Crippen LogP contribution is -2.54. The second kappa shape index (κ2) is 5.39. The summed E-state index contributed by atoms with van der Waals surface area (Å²) in [5.74, 6) is 0. The Kier molecular flexibility index (Phi) is 4.05. The van der Waals surface area contributed by atoms with Gasteiger partial charge in [0.05, 0.1) is 13.2 Å². The molecule has 100 valence electrons. The minimum absolute atomic E-state index is 0.0728. The topological polar surface area (TPSA) is 38.5 Å². The largest absolute Gasteiger partial charge is 0.378 e. The average molecular weight is 248 g/mol. The molecule has 0 saturated carbocycles. The predicted octanol–water partition coefficient (Wildman–Crippen LogP) is 2.11. The van der Waals surface area contributed by atoms with Crippen LogP contribution in [0.4, 0.5) is 0 Å². The smallest absolute Gasteiger partial charge is 0.0645 e. The van der Waals surface area contributed by atoms with E-state index in [2.05, 4.69) is 49.9 Å². The third-order valence-electron chi connectivity index (χ3n) is 3.82. The van der Waals surface area contributed by atoms with Gasteiger partial charge in [-0.05, 0) is 31.9 Å². The number of nitrogens with two attached hydrogens (primary N) is 1. The quantitative estimate of drug-likeness (QED) is 0.890.